The summed E-state index contributed by atoms with van der Waals surface area (Å²) in [5, 5.41) is 0. The fourth-order valence-electron chi connectivity index (χ4n) is 1.76. The number of ether oxygens (including phenoxy) is 2. The zero-order valence-corrected chi connectivity index (χ0v) is 11.3. The number of esters is 1. The first-order valence-electron chi connectivity index (χ1n) is 6.00. The summed E-state index contributed by atoms with van der Waals surface area (Å²) in [6, 6.07) is 6.60. The van der Waals surface area contributed by atoms with Crippen LogP contribution < -0.4 is 10.5 Å². The highest BCUT2D eigenvalue weighted by Crippen LogP contribution is 2.27. The molecule has 116 valence electrons. The molecule has 0 aliphatic rings. The number of nitrogens with two attached hydrogens (primary N) is 1. The van der Waals surface area contributed by atoms with Gasteiger partial charge in [0.25, 0.3) is 0 Å². The number of nitrogens with zero attached hydrogens (tertiary/aromatic N) is 1. The fourth-order valence-corrected chi connectivity index (χ4v) is 1.76. The molecule has 5 nitrogen and oxygen atoms in total. The number of benzene rings is 1. The Morgan fingerprint density at radius 3 is 2.36 bits per heavy atom. The van der Waals surface area contributed by atoms with Crippen LogP contribution in [0.3, 0.4) is 0 Å². The average molecular weight is 312 g/mol. The highest BCUT2D eigenvalue weighted by atomic mass is 19.4. The third-order valence-electron chi connectivity index (χ3n) is 2.75. The average Bonchev–Trinajstić information content (AvgIpc) is 2.46. The van der Waals surface area contributed by atoms with Gasteiger partial charge in [0.2, 0.25) is 0 Å². The van der Waals surface area contributed by atoms with Crippen molar-refractivity contribution in [3.8, 4) is 16.9 Å². The molecule has 0 aliphatic heterocycles. The monoisotopic (exact) mass is 312 g/mol. The largest absolute Gasteiger partial charge is 0.573 e. The maximum atomic E-state index is 12.1. The molecule has 8 heteroatoms. The van der Waals surface area contributed by atoms with Crippen LogP contribution in [0.15, 0.2) is 36.5 Å². The lowest BCUT2D eigenvalue weighted by Crippen LogP contribution is -2.16. The number of hydrogen-bond acceptors (Lipinski definition) is 5. The molecule has 2 rings (SSSR count). The second-order valence-corrected chi connectivity index (χ2v) is 4.22. The maximum absolute atomic E-state index is 12.1. The summed E-state index contributed by atoms with van der Waals surface area (Å²) in [6.07, 6.45) is -3.34. The number of methoxy groups -OCH3 is 1. The number of halogens is 3. The second kappa shape index (κ2) is 5.92. The molecule has 0 amide bonds. The minimum Gasteiger partial charge on any atom is -0.465 e. The number of alkyl halides is 3. The van der Waals surface area contributed by atoms with Crippen molar-refractivity contribution < 1.29 is 27.4 Å². The molecular formula is C14H11F3N2O3. The van der Waals surface area contributed by atoms with Gasteiger partial charge in [-0.1, -0.05) is 12.1 Å². The Kier molecular flexibility index (Phi) is 4.20. The van der Waals surface area contributed by atoms with Gasteiger partial charge in [0.05, 0.1) is 7.11 Å². The van der Waals surface area contributed by atoms with E-state index in [0.717, 1.165) is 12.1 Å². The number of aromatic nitrogens is 1. The predicted octanol–water partition coefficient (Wildman–Crippen LogP) is 3.02. The lowest BCUT2D eigenvalue weighted by atomic mass is 10.1. The van der Waals surface area contributed by atoms with E-state index in [9.17, 15) is 18.0 Å². The third-order valence-corrected chi connectivity index (χ3v) is 2.75. The standard InChI is InChI=1S/C14H11F3N2O3/c1-21-13(20)11-6-9(7-19-12(11)18)8-2-4-10(5-3-8)22-14(15,16)17/h2-7H,1H3,(H2,18,19). The summed E-state index contributed by atoms with van der Waals surface area (Å²) < 4.78 is 44.6. The molecule has 2 aromatic rings. The molecular weight excluding hydrogens is 301 g/mol. The van der Waals surface area contributed by atoms with E-state index in [0.29, 0.717) is 11.1 Å². The minimum atomic E-state index is -4.75. The first kappa shape index (κ1) is 15.6. The van der Waals surface area contributed by atoms with Gasteiger partial charge in [-0.05, 0) is 23.8 Å². The van der Waals surface area contributed by atoms with Gasteiger partial charge in [-0.2, -0.15) is 0 Å². The Balaban J connectivity index is 2.31. The van der Waals surface area contributed by atoms with Crippen LogP contribution in [0, 0.1) is 0 Å². The Bertz CT molecular complexity index is 685. The van der Waals surface area contributed by atoms with Gasteiger partial charge in [-0.3, -0.25) is 0 Å². The first-order valence-corrected chi connectivity index (χ1v) is 6.00. The lowest BCUT2D eigenvalue weighted by molar-refractivity contribution is -0.274. The molecule has 0 atom stereocenters. The van der Waals surface area contributed by atoms with Crippen LogP contribution in [-0.2, 0) is 4.74 Å². The molecule has 0 radical (unpaired) electrons. The van der Waals surface area contributed by atoms with Crippen LogP contribution in [0.5, 0.6) is 5.75 Å². The predicted molar refractivity (Wildman–Crippen MR) is 72.1 cm³/mol. The van der Waals surface area contributed by atoms with E-state index < -0.39 is 12.3 Å². The summed E-state index contributed by atoms with van der Waals surface area (Å²) in [6.45, 7) is 0. The summed E-state index contributed by atoms with van der Waals surface area (Å²) >= 11 is 0. The van der Waals surface area contributed by atoms with Crippen molar-refractivity contribution in [2.45, 2.75) is 6.36 Å². The van der Waals surface area contributed by atoms with Gasteiger partial charge in [0.15, 0.2) is 0 Å². The van der Waals surface area contributed by atoms with E-state index in [1.54, 1.807) is 0 Å². The zero-order chi connectivity index (χ0) is 16.3. The Hall–Kier alpha value is -2.77. The van der Waals surface area contributed by atoms with Crippen LogP contribution in [0.1, 0.15) is 10.4 Å². The third kappa shape index (κ3) is 3.66. The molecule has 0 aliphatic carbocycles. The number of carbonyl (C=O) groups is 1. The molecule has 0 unspecified atom stereocenters. The smallest absolute Gasteiger partial charge is 0.465 e. The number of nitrogen functional groups attached to an aromatic ring is 1. The summed E-state index contributed by atoms with van der Waals surface area (Å²) in [7, 11) is 1.21. The van der Waals surface area contributed by atoms with Crippen molar-refractivity contribution in [1.82, 2.24) is 4.98 Å². The molecule has 1 aromatic heterocycles. The number of pyridine rings is 1. The van der Waals surface area contributed by atoms with Crippen molar-refractivity contribution in [3.63, 3.8) is 0 Å². The van der Waals surface area contributed by atoms with Crippen molar-refractivity contribution in [1.29, 1.82) is 0 Å². The van der Waals surface area contributed by atoms with Crippen LogP contribution >= 0.6 is 0 Å². The van der Waals surface area contributed by atoms with Crippen molar-refractivity contribution in [2.75, 3.05) is 12.8 Å². The lowest BCUT2D eigenvalue weighted by Gasteiger charge is -2.10. The van der Waals surface area contributed by atoms with E-state index >= 15 is 0 Å². The number of carbonyl (C=O) groups excluding carboxylic acids is 1. The summed E-state index contributed by atoms with van der Waals surface area (Å²) in [5.74, 6) is -0.982. The summed E-state index contributed by atoms with van der Waals surface area (Å²) in [4.78, 5) is 15.4. The molecule has 1 heterocycles. The molecule has 2 N–H and O–H groups in total. The highest BCUT2D eigenvalue weighted by Gasteiger charge is 2.30. The van der Waals surface area contributed by atoms with E-state index in [-0.39, 0.29) is 17.1 Å². The van der Waals surface area contributed by atoms with E-state index in [2.05, 4.69) is 14.5 Å². The Labute approximate surface area is 123 Å². The van der Waals surface area contributed by atoms with Crippen LogP contribution in [-0.4, -0.2) is 24.4 Å². The SMILES string of the molecule is COC(=O)c1cc(-c2ccc(OC(F)(F)F)cc2)cnc1N. The van der Waals surface area contributed by atoms with Crippen molar-refractivity contribution >= 4 is 11.8 Å². The molecule has 0 spiro atoms. The van der Waals surface area contributed by atoms with Crippen molar-refractivity contribution in [3.05, 3.63) is 42.1 Å². The second-order valence-electron chi connectivity index (χ2n) is 4.22. The minimum absolute atomic E-state index is 0.00706. The van der Waals surface area contributed by atoms with Gasteiger partial charge in [0.1, 0.15) is 17.1 Å². The topological polar surface area (TPSA) is 74.4 Å². The quantitative estimate of drug-likeness (QED) is 0.882. The van der Waals surface area contributed by atoms with Gasteiger partial charge in [0, 0.05) is 11.8 Å². The summed E-state index contributed by atoms with van der Waals surface area (Å²) in [5.41, 5.74) is 6.72. The number of anilines is 1. The molecule has 0 saturated heterocycles. The normalized spacial score (nSPS) is 11.1. The number of hydrogen-bond donors (Lipinski definition) is 1. The molecule has 0 fully saturated rings. The Morgan fingerprint density at radius 2 is 1.82 bits per heavy atom. The highest BCUT2D eigenvalue weighted by molar-refractivity contribution is 5.95. The Morgan fingerprint density at radius 1 is 1.18 bits per heavy atom. The van der Waals surface area contributed by atoms with Crippen molar-refractivity contribution in [2.24, 2.45) is 0 Å². The molecule has 1 aromatic carbocycles. The van der Waals surface area contributed by atoms with Gasteiger partial charge in [-0.25, -0.2) is 9.78 Å². The van der Waals surface area contributed by atoms with E-state index in [4.69, 9.17) is 5.73 Å². The maximum Gasteiger partial charge on any atom is 0.573 e. The van der Waals surface area contributed by atoms with Crippen LogP contribution in [0.4, 0.5) is 19.0 Å². The van der Waals surface area contributed by atoms with Gasteiger partial charge >= 0.3 is 12.3 Å². The zero-order valence-electron chi connectivity index (χ0n) is 11.3. The molecule has 0 bridgehead atoms. The first-order chi connectivity index (χ1) is 10.3. The molecule has 0 saturated carbocycles. The van der Waals surface area contributed by atoms with Crippen LogP contribution in [0.25, 0.3) is 11.1 Å². The van der Waals surface area contributed by atoms with Gasteiger partial charge < -0.3 is 15.2 Å². The molecule has 22 heavy (non-hydrogen) atoms. The van der Waals surface area contributed by atoms with E-state index in [1.807, 2.05) is 0 Å². The van der Waals surface area contributed by atoms with Gasteiger partial charge in [-0.15, -0.1) is 13.2 Å². The van der Waals surface area contributed by atoms with Crippen LogP contribution in [0.2, 0.25) is 0 Å². The number of rotatable bonds is 3. The fraction of sp³-hybridized carbons (Fsp3) is 0.143. The van der Waals surface area contributed by atoms with E-state index in [1.165, 1.54) is 31.5 Å².